The number of rotatable bonds is 4. The highest BCUT2D eigenvalue weighted by Crippen LogP contribution is 2.24. The van der Waals surface area contributed by atoms with Gasteiger partial charge in [0.05, 0.1) is 0 Å². The fraction of sp³-hybridized carbons (Fsp3) is 0.368. The maximum Gasteiger partial charge on any atom is 0.0473 e. The van der Waals surface area contributed by atoms with Crippen LogP contribution in [0.2, 0.25) is 0 Å². The molecule has 0 aromatic heterocycles. The lowest BCUT2D eigenvalue weighted by Gasteiger charge is -2.24. The van der Waals surface area contributed by atoms with Gasteiger partial charge in [0, 0.05) is 25.3 Å². The van der Waals surface area contributed by atoms with Crippen LogP contribution in [-0.4, -0.2) is 13.6 Å². The van der Waals surface area contributed by atoms with Crippen LogP contribution in [0.1, 0.15) is 37.9 Å². The number of benzene rings is 2. The van der Waals surface area contributed by atoms with E-state index in [9.17, 15) is 0 Å². The summed E-state index contributed by atoms with van der Waals surface area (Å²) in [5.74, 6) is 0. The van der Waals surface area contributed by atoms with E-state index >= 15 is 0 Å². The lowest BCUT2D eigenvalue weighted by molar-refractivity contribution is 0.589. The highest BCUT2D eigenvalue weighted by Gasteiger charge is 2.15. The van der Waals surface area contributed by atoms with Gasteiger partial charge in [-0.15, -0.1) is 0 Å². The number of nitrogens with two attached hydrogens (primary N) is 1. The second-order valence-corrected chi connectivity index (χ2v) is 6.69. The molecule has 0 amide bonds. The molecule has 2 nitrogen and oxygen atoms in total. The van der Waals surface area contributed by atoms with E-state index < -0.39 is 0 Å². The van der Waals surface area contributed by atoms with E-state index in [1.807, 2.05) is 6.07 Å². The van der Waals surface area contributed by atoms with Crippen molar-refractivity contribution in [2.24, 2.45) is 5.73 Å². The number of likely N-dealkylation sites (N-methyl/N-ethyl adjacent to an activating group) is 1. The van der Waals surface area contributed by atoms with E-state index in [4.69, 9.17) is 5.73 Å². The van der Waals surface area contributed by atoms with Gasteiger partial charge in [-0.3, -0.25) is 0 Å². The molecule has 0 bridgehead atoms. The predicted octanol–water partition coefficient (Wildman–Crippen LogP) is 4.12. The van der Waals surface area contributed by atoms with Crippen LogP contribution in [0.15, 0.2) is 54.6 Å². The summed E-state index contributed by atoms with van der Waals surface area (Å²) in [6, 6.07) is 19.1. The Kier molecular flexibility index (Phi) is 4.69. The molecule has 0 heterocycles. The first-order valence-electron chi connectivity index (χ1n) is 7.50. The van der Waals surface area contributed by atoms with Crippen molar-refractivity contribution in [3.63, 3.8) is 0 Å². The normalized spacial score (nSPS) is 13.0. The first-order chi connectivity index (χ1) is 9.88. The van der Waals surface area contributed by atoms with E-state index in [0.29, 0.717) is 0 Å². The summed E-state index contributed by atoms with van der Waals surface area (Å²) in [4.78, 5) is 2.20. The molecule has 2 heteroatoms. The van der Waals surface area contributed by atoms with Crippen LogP contribution in [0.3, 0.4) is 0 Å². The van der Waals surface area contributed by atoms with Gasteiger partial charge >= 0.3 is 0 Å². The van der Waals surface area contributed by atoms with Gasteiger partial charge in [0.1, 0.15) is 0 Å². The SMILES string of the molecule is CN(CC(N)c1ccc(C(C)(C)C)cc1)c1ccccc1. The Morgan fingerprint density at radius 2 is 1.52 bits per heavy atom. The molecule has 0 aliphatic carbocycles. The average molecular weight is 282 g/mol. The third kappa shape index (κ3) is 4.08. The number of anilines is 1. The summed E-state index contributed by atoms with van der Waals surface area (Å²) in [5, 5.41) is 0. The minimum absolute atomic E-state index is 0.0178. The van der Waals surface area contributed by atoms with Gasteiger partial charge in [-0.2, -0.15) is 0 Å². The van der Waals surface area contributed by atoms with Gasteiger partial charge in [-0.25, -0.2) is 0 Å². The van der Waals surface area contributed by atoms with Crippen molar-refractivity contribution in [1.82, 2.24) is 0 Å². The van der Waals surface area contributed by atoms with Crippen molar-refractivity contribution >= 4 is 5.69 Å². The molecule has 2 aromatic rings. The fourth-order valence-electron chi connectivity index (χ4n) is 2.42. The maximum absolute atomic E-state index is 6.35. The summed E-state index contributed by atoms with van der Waals surface area (Å²) in [6.07, 6.45) is 0. The van der Waals surface area contributed by atoms with E-state index in [0.717, 1.165) is 6.54 Å². The molecular formula is C19H26N2. The maximum atomic E-state index is 6.35. The highest BCUT2D eigenvalue weighted by molar-refractivity contribution is 5.45. The molecule has 0 saturated heterocycles. The van der Waals surface area contributed by atoms with Crippen molar-refractivity contribution in [3.8, 4) is 0 Å². The minimum Gasteiger partial charge on any atom is -0.373 e. The predicted molar refractivity (Wildman–Crippen MR) is 91.8 cm³/mol. The Balaban J connectivity index is 2.05. The van der Waals surface area contributed by atoms with Gasteiger partial charge in [0.15, 0.2) is 0 Å². The zero-order chi connectivity index (χ0) is 15.5. The molecule has 1 atom stereocenters. The Hall–Kier alpha value is -1.80. The summed E-state index contributed by atoms with van der Waals surface area (Å²) in [5.41, 5.74) is 10.3. The standard InChI is InChI=1S/C19H26N2/c1-19(2,3)16-12-10-15(11-13-16)18(20)14-21(4)17-8-6-5-7-9-17/h5-13,18H,14,20H2,1-4H3. The monoisotopic (exact) mass is 282 g/mol. The van der Waals surface area contributed by atoms with E-state index in [2.05, 4.69) is 81.2 Å². The Bertz CT molecular complexity index is 552. The van der Waals surface area contributed by atoms with E-state index in [1.54, 1.807) is 0 Å². The molecule has 1 unspecified atom stereocenters. The molecular weight excluding hydrogens is 256 g/mol. The summed E-state index contributed by atoms with van der Waals surface area (Å²) >= 11 is 0. The van der Waals surface area contributed by atoms with Crippen LogP contribution in [0.4, 0.5) is 5.69 Å². The van der Waals surface area contributed by atoms with Crippen LogP contribution in [0.25, 0.3) is 0 Å². The molecule has 2 aromatic carbocycles. The second kappa shape index (κ2) is 6.31. The minimum atomic E-state index is 0.0178. The lowest BCUT2D eigenvalue weighted by atomic mass is 9.86. The topological polar surface area (TPSA) is 29.3 Å². The quantitative estimate of drug-likeness (QED) is 0.914. The molecule has 0 fully saturated rings. The number of nitrogens with zero attached hydrogens (tertiary/aromatic N) is 1. The van der Waals surface area contributed by atoms with Gasteiger partial charge in [0.2, 0.25) is 0 Å². The largest absolute Gasteiger partial charge is 0.373 e. The van der Waals surface area contributed by atoms with E-state index in [1.165, 1.54) is 16.8 Å². The first kappa shape index (κ1) is 15.6. The van der Waals surface area contributed by atoms with Crippen molar-refractivity contribution in [2.45, 2.75) is 32.2 Å². The lowest BCUT2D eigenvalue weighted by Crippen LogP contribution is -2.29. The highest BCUT2D eigenvalue weighted by atomic mass is 15.1. The smallest absolute Gasteiger partial charge is 0.0473 e. The third-order valence-electron chi connectivity index (χ3n) is 3.87. The van der Waals surface area contributed by atoms with Crippen molar-refractivity contribution in [2.75, 3.05) is 18.5 Å². The van der Waals surface area contributed by atoms with Gasteiger partial charge in [-0.05, 0) is 28.7 Å². The number of hydrogen-bond donors (Lipinski definition) is 1. The zero-order valence-corrected chi connectivity index (χ0v) is 13.5. The second-order valence-electron chi connectivity index (χ2n) is 6.69. The fourth-order valence-corrected chi connectivity index (χ4v) is 2.42. The summed E-state index contributed by atoms with van der Waals surface area (Å²) < 4.78 is 0. The van der Waals surface area contributed by atoms with Crippen molar-refractivity contribution < 1.29 is 0 Å². The molecule has 0 radical (unpaired) electrons. The molecule has 2 N–H and O–H groups in total. The summed E-state index contributed by atoms with van der Waals surface area (Å²) in [6.45, 7) is 7.49. The average Bonchev–Trinajstić information content (AvgIpc) is 2.47. The van der Waals surface area contributed by atoms with Gasteiger partial charge in [-0.1, -0.05) is 63.2 Å². The Morgan fingerprint density at radius 1 is 0.952 bits per heavy atom. The van der Waals surface area contributed by atoms with Crippen molar-refractivity contribution in [1.29, 1.82) is 0 Å². The first-order valence-corrected chi connectivity index (χ1v) is 7.50. The molecule has 21 heavy (non-hydrogen) atoms. The summed E-state index contributed by atoms with van der Waals surface area (Å²) in [7, 11) is 2.08. The zero-order valence-electron chi connectivity index (χ0n) is 13.5. The number of para-hydroxylation sites is 1. The van der Waals surface area contributed by atoms with Crippen LogP contribution in [0, 0.1) is 0 Å². The van der Waals surface area contributed by atoms with Crippen molar-refractivity contribution in [3.05, 3.63) is 65.7 Å². The van der Waals surface area contributed by atoms with Crippen LogP contribution in [0.5, 0.6) is 0 Å². The van der Waals surface area contributed by atoms with Crippen LogP contribution >= 0.6 is 0 Å². The Morgan fingerprint density at radius 3 is 2.05 bits per heavy atom. The number of hydrogen-bond acceptors (Lipinski definition) is 2. The van der Waals surface area contributed by atoms with Crippen LogP contribution < -0.4 is 10.6 Å². The van der Waals surface area contributed by atoms with Gasteiger partial charge < -0.3 is 10.6 Å². The van der Waals surface area contributed by atoms with E-state index in [-0.39, 0.29) is 11.5 Å². The molecule has 0 aliphatic rings. The Labute approximate surface area is 128 Å². The molecule has 0 spiro atoms. The molecule has 0 aliphatic heterocycles. The molecule has 112 valence electrons. The van der Waals surface area contributed by atoms with Gasteiger partial charge in [0.25, 0.3) is 0 Å². The molecule has 0 saturated carbocycles. The van der Waals surface area contributed by atoms with Crippen LogP contribution in [-0.2, 0) is 5.41 Å². The molecule has 2 rings (SSSR count). The third-order valence-corrected chi connectivity index (χ3v) is 3.87.